The van der Waals surface area contributed by atoms with Crippen molar-refractivity contribution in [2.24, 2.45) is 0 Å². The van der Waals surface area contributed by atoms with Crippen molar-refractivity contribution in [3.05, 3.63) is 88.4 Å². The van der Waals surface area contributed by atoms with E-state index in [0.29, 0.717) is 6.54 Å². The second kappa shape index (κ2) is 7.01. The van der Waals surface area contributed by atoms with E-state index in [1.165, 1.54) is 11.3 Å². The molecule has 5 heteroatoms. The van der Waals surface area contributed by atoms with Crippen molar-refractivity contribution in [1.29, 1.82) is 0 Å². The Morgan fingerprint density at radius 3 is 2.41 bits per heavy atom. The van der Waals surface area contributed by atoms with Crippen molar-refractivity contribution in [1.82, 2.24) is 0 Å². The van der Waals surface area contributed by atoms with Crippen LogP contribution in [-0.2, 0) is 12.1 Å². The fraction of sp³-hybridized carbons (Fsp3) is 0.208. The molecule has 0 bridgehead atoms. The van der Waals surface area contributed by atoms with E-state index in [4.69, 9.17) is 4.74 Å². The van der Waals surface area contributed by atoms with Gasteiger partial charge in [0.25, 0.3) is 11.6 Å². The maximum atomic E-state index is 12.1. The summed E-state index contributed by atoms with van der Waals surface area (Å²) in [6.45, 7) is 0.479. The highest BCUT2D eigenvalue weighted by Gasteiger charge is 2.55. The first-order valence-corrected chi connectivity index (χ1v) is 10.5. The van der Waals surface area contributed by atoms with Crippen LogP contribution in [0.5, 0.6) is 5.75 Å². The number of aryl methyl sites for hydroxylation is 1. The summed E-state index contributed by atoms with van der Waals surface area (Å²) in [6, 6.07) is 24.3. The Balaban J connectivity index is 1.68. The van der Waals surface area contributed by atoms with Crippen molar-refractivity contribution >= 4 is 33.1 Å². The molecule has 0 aromatic heterocycles. The first-order chi connectivity index (χ1) is 14.1. The number of benzene rings is 3. The Labute approximate surface area is 178 Å². The molecule has 0 saturated carbocycles. The third-order valence-corrected chi connectivity index (χ3v) is 6.38. The van der Waals surface area contributed by atoms with Crippen LogP contribution in [0.25, 0.3) is 0 Å². The Kier molecular flexibility index (Phi) is 4.45. The number of hydrogen-bond acceptors (Lipinski definition) is 3. The van der Waals surface area contributed by atoms with Gasteiger partial charge >= 0.3 is 0 Å². The number of rotatable bonds is 3. The van der Waals surface area contributed by atoms with Crippen molar-refractivity contribution in [2.75, 3.05) is 18.6 Å². The quantitative estimate of drug-likeness (QED) is 0.582. The molecule has 2 aliphatic heterocycles. The number of amidine groups is 1. The van der Waals surface area contributed by atoms with Crippen LogP contribution >= 0.6 is 15.9 Å². The normalized spacial score (nSPS) is 20.4. The molecule has 4 nitrogen and oxygen atoms in total. The number of ether oxygens (including phenoxy) is 1. The SMILES string of the molecule is COc1ccc(N2C3=[N+](CC2(O)c2ccc(Br)cc2)c2ccccc2CC3)cc1. The van der Waals surface area contributed by atoms with Crippen LogP contribution in [-0.4, -0.2) is 29.2 Å². The first kappa shape index (κ1) is 18.4. The molecule has 3 aromatic carbocycles. The molecule has 1 unspecified atom stereocenters. The molecule has 0 fully saturated rings. The number of halogens is 1. The highest BCUT2D eigenvalue weighted by molar-refractivity contribution is 9.10. The molecule has 2 aliphatic rings. The Morgan fingerprint density at radius 1 is 0.966 bits per heavy atom. The van der Waals surface area contributed by atoms with Gasteiger partial charge < -0.3 is 9.84 Å². The number of anilines is 1. The molecule has 29 heavy (non-hydrogen) atoms. The van der Waals surface area contributed by atoms with Gasteiger partial charge in [0.1, 0.15) is 17.1 Å². The van der Waals surface area contributed by atoms with E-state index >= 15 is 0 Å². The Morgan fingerprint density at radius 2 is 1.69 bits per heavy atom. The van der Waals surface area contributed by atoms with Crippen LogP contribution < -0.4 is 9.64 Å². The van der Waals surface area contributed by atoms with Crippen LogP contribution in [0.3, 0.4) is 0 Å². The van der Waals surface area contributed by atoms with E-state index in [1.807, 2.05) is 48.5 Å². The van der Waals surface area contributed by atoms with E-state index < -0.39 is 5.72 Å². The summed E-state index contributed by atoms with van der Waals surface area (Å²) in [5.74, 6) is 1.93. The molecule has 0 aliphatic carbocycles. The van der Waals surface area contributed by atoms with Crippen LogP contribution in [0.1, 0.15) is 17.5 Å². The van der Waals surface area contributed by atoms with E-state index in [1.54, 1.807) is 7.11 Å². The standard InChI is InChI=1S/C24H22BrN2O2/c1-29-21-13-11-20(12-14-21)27-23-15-6-17-4-2-3-5-22(17)26(23)16-24(27,28)18-7-9-19(25)10-8-18/h2-5,7-14,28H,6,15-16H2,1H3/q+1. The summed E-state index contributed by atoms with van der Waals surface area (Å²) < 4.78 is 8.60. The largest absolute Gasteiger partial charge is 0.497 e. The second-order valence-corrected chi connectivity index (χ2v) is 8.40. The lowest BCUT2D eigenvalue weighted by Gasteiger charge is -2.29. The third-order valence-electron chi connectivity index (χ3n) is 5.86. The lowest BCUT2D eigenvalue weighted by atomic mass is 10.0. The molecule has 0 radical (unpaired) electrons. The number of nitrogens with zero attached hydrogens (tertiary/aromatic N) is 2. The summed E-state index contributed by atoms with van der Waals surface area (Å²) in [6.07, 6.45) is 1.84. The van der Waals surface area contributed by atoms with Gasteiger partial charge in [0.15, 0.2) is 6.54 Å². The second-order valence-electron chi connectivity index (χ2n) is 7.49. The molecule has 3 aromatic rings. The van der Waals surface area contributed by atoms with Gasteiger partial charge in [0.2, 0.25) is 0 Å². The van der Waals surface area contributed by atoms with E-state index in [-0.39, 0.29) is 0 Å². The molecule has 1 N–H and O–H groups in total. The monoisotopic (exact) mass is 449 g/mol. The van der Waals surface area contributed by atoms with Gasteiger partial charge in [-0.2, -0.15) is 4.90 Å². The van der Waals surface area contributed by atoms with Gasteiger partial charge in [-0.15, -0.1) is 0 Å². The number of aliphatic hydroxyl groups is 1. The first-order valence-electron chi connectivity index (χ1n) is 9.74. The van der Waals surface area contributed by atoms with E-state index in [9.17, 15) is 5.11 Å². The summed E-state index contributed by atoms with van der Waals surface area (Å²) in [5, 5.41) is 12.1. The smallest absolute Gasteiger partial charge is 0.275 e. The summed E-state index contributed by atoms with van der Waals surface area (Å²) in [7, 11) is 1.66. The summed E-state index contributed by atoms with van der Waals surface area (Å²) in [4.78, 5) is 2.09. The number of fused-ring (bicyclic) bond motifs is 2. The van der Waals surface area contributed by atoms with Gasteiger partial charge in [0.05, 0.1) is 13.5 Å². The molecular formula is C24H22BrN2O2+. The van der Waals surface area contributed by atoms with Crippen molar-refractivity contribution < 1.29 is 14.4 Å². The predicted molar refractivity (Wildman–Crippen MR) is 118 cm³/mol. The molecule has 0 spiro atoms. The molecule has 5 rings (SSSR count). The predicted octanol–water partition coefficient (Wildman–Crippen LogP) is 4.81. The van der Waals surface area contributed by atoms with Gasteiger partial charge in [-0.25, -0.2) is 4.58 Å². The molecule has 0 amide bonds. The van der Waals surface area contributed by atoms with Gasteiger partial charge in [-0.1, -0.05) is 46.3 Å². The van der Waals surface area contributed by atoms with Crippen molar-refractivity contribution in [3.63, 3.8) is 0 Å². The van der Waals surface area contributed by atoms with Crippen molar-refractivity contribution in [3.8, 4) is 5.75 Å². The fourth-order valence-electron chi connectivity index (χ4n) is 4.45. The topological polar surface area (TPSA) is 35.7 Å². The van der Waals surface area contributed by atoms with Gasteiger partial charge in [0, 0.05) is 10.0 Å². The van der Waals surface area contributed by atoms with E-state index in [2.05, 4.69) is 49.7 Å². The Bertz CT molecular complexity index is 1090. The van der Waals surface area contributed by atoms with Crippen LogP contribution in [0.2, 0.25) is 0 Å². The minimum atomic E-state index is -1.16. The molecule has 146 valence electrons. The van der Waals surface area contributed by atoms with Crippen LogP contribution in [0.15, 0.2) is 77.3 Å². The Hall–Kier alpha value is -2.63. The highest BCUT2D eigenvalue weighted by Crippen LogP contribution is 2.42. The minimum Gasteiger partial charge on any atom is -0.497 e. The zero-order chi connectivity index (χ0) is 20.0. The lowest BCUT2D eigenvalue weighted by Crippen LogP contribution is -2.47. The number of para-hydroxylation sites is 1. The number of hydrogen-bond donors (Lipinski definition) is 1. The molecule has 2 heterocycles. The highest BCUT2D eigenvalue weighted by atomic mass is 79.9. The maximum absolute atomic E-state index is 12.1. The zero-order valence-corrected chi connectivity index (χ0v) is 17.8. The van der Waals surface area contributed by atoms with E-state index in [0.717, 1.165) is 40.2 Å². The maximum Gasteiger partial charge on any atom is 0.275 e. The van der Waals surface area contributed by atoms with Crippen molar-refractivity contribution in [2.45, 2.75) is 18.6 Å². The number of methoxy groups -OCH3 is 1. The molecular weight excluding hydrogens is 428 g/mol. The van der Waals surface area contributed by atoms with Gasteiger partial charge in [-0.3, -0.25) is 0 Å². The molecule has 1 atom stereocenters. The van der Waals surface area contributed by atoms with Crippen LogP contribution in [0, 0.1) is 0 Å². The summed E-state index contributed by atoms with van der Waals surface area (Å²) in [5.41, 5.74) is 3.16. The average molecular weight is 450 g/mol. The average Bonchev–Trinajstić information content (AvgIpc) is 3.08. The van der Waals surface area contributed by atoms with Gasteiger partial charge in [-0.05, 0) is 54.4 Å². The third kappa shape index (κ3) is 2.96. The molecule has 0 saturated heterocycles. The minimum absolute atomic E-state index is 0.479. The lowest BCUT2D eigenvalue weighted by molar-refractivity contribution is -0.453. The summed E-state index contributed by atoms with van der Waals surface area (Å²) >= 11 is 3.51. The van der Waals surface area contributed by atoms with Crippen LogP contribution in [0.4, 0.5) is 11.4 Å². The zero-order valence-electron chi connectivity index (χ0n) is 16.2. The fourth-order valence-corrected chi connectivity index (χ4v) is 4.72.